The van der Waals surface area contributed by atoms with Gasteiger partial charge in [0, 0.05) is 6.42 Å². The molecule has 0 spiro atoms. The molecule has 5 atom stereocenters. The fraction of sp³-hybridized carbons (Fsp3) is 0.655. The number of rotatable bonds is 7. The molecule has 3 rings (SSSR count). The van der Waals surface area contributed by atoms with Gasteiger partial charge < -0.3 is 10.2 Å². The normalized spacial score (nSPS) is 34.9. The third kappa shape index (κ3) is 5.20. The van der Waals surface area contributed by atoms with Crippen molar-refractivity contribution in [2.45, 2.75) is 103 Å². The lowest BCUT2D eigenvalue weighted by Crippen LogP contribution is -2.32. The molecule has 3 heteroatoms. The molecule has 0 bridgehead atoms. The van der Waals surface area contributed by atoms with Crippen LogP contribution in [-0.4, -0.2) is 28.1 Å². The monoisotopic (exact) mass is 442 g/mol. The zero-order valence-corrected chi connectivity index (χ0v) is 20.5. The predicted molar refractivity (Wildman–Crippen MR) is 132 cm³/mol. The maximum absolute atomic E-state index is 14.1. The number of aliphatic hydroxyl groups excluding tert-OH is 1. The molecule has 2 saturated carbocycles. The lowest BCUT2D eigenvalue weighted by atomic mass is 9.62. The number of hydrogen-bond acceptors (Lipinski definition) is 2. The molecule has 0 radical (unpaired) electrons. The van der Waals surface area contributed by atoms with Gasteiger partial charge in [-0.25, -0.2) is 4.39 Å². The van der Waals surface area contributed by atoms with Gasteiger partial charge in [0.1, 0.15) is 6.17 Å². The lowest BCUT2D eigenvalue weighted by molar-refractivity contribution is 0.0824. The highest BCUT2D eigenvalue weighted by molar-refractivity contribution is 5.40. The van der Waals surface area contributed by atoms with E-state index in [0.717, 1.165) is 37.7 Å². The fourth-order valence-corrected chi connectivity index (χ4v) is 6.15. The Hall–Kier alpha value is -1.45. The molecule has 2 N–H and O–H groups in total. The zero-order valence-electron chi connectivity index (χ0n) is 20.5. The van der Waals surface area contributed by atoms with Gasteiger partial charge in [-0.2, -0.15) is 0 Å². The second-order valence-electron chi connectivity index (χ2n) is 10.6. The SMILES string of the molecule is C=C1/C(=C\C=C2CCC[C@]3(C)C([C@H](C)C/C=C/C(O)(CC)CC)=CC[C@@H]23)C[C@@H](O)C[C@@H]1F. The van der Waals surface area contributed by atoms with E-state index in [-0.39, 0.29) is 11.8 Å². The van der Waals surface area contributed by atoms with Crippen LogP contribution in [0.4, 0.5) is 4.39 Å². The van der Waals surface area contributed by atoms with Crippen molar-refractivity contribution in [3.05, 3.63) is 59.3 Å². The van der Waals surface area contributed by atoms with Gasteiger partial charge in [-0.05, 0) is 79.8 Å². The van der Waals surface area contributed by atoms with E-state index in [1.807, 2.05) is 26.0 Å². The van der Waals surface area contributed by atoms with Crippen molar-refractivity contribution in [2.75, 3.05) is 0 Å². The van der Waals surface area contributed by atoms with Gasteiger partial charge in [0.15, 0.2) is 0 Å². The maximum Gasteiger partial charge on any atom is 0.127 e. The van der Waals surface area contributed by atoms with E-state index in [2.05, 4.69) is 38.7 Å². The Labute approximate surface area is 194 Å². The Bertz CT molecular complexity index is 813. The summed E-state index contributed by atoms with van der Waals surface area (Å²) in [7, 11) is 0. The average Bonchev–Trinajstić information content (AvgIpc) is 3.12. The van der Waals surface area contributed by atoms with Crippen LogP contribution in [0.2, 0.25) is 0 Å². The summed E-state index contributed by atoms with van der Waals surface area (Å²) in [6.45, 7) is 12.7. The predicted octanol–water partition coefficient (Wildman–Crippen LogP) is 7.16. The summed E-state index contributed by atoms with van der Waals surface area (Å²) in [5.41, 5.74) is 3.90. The van der Waals surface area contributed by atoms with Gasteiger partial charge in [0.05, 0.1) is 11.7 Å². The van der Waals surface area contributed by atoms with Crippen molar-refractivity contribution in [3.63, 3.8) is 0 Å². The Morgan fingerprint density at radius 3 is 2.72 bits per heavy atom. The van der Waals surface area contributed by atoms with E-state index in [4.69, 9.17) is 0 Å². The highest BCUT2D eigenvalue weighted by Gasteiger charge is 2.45. The van der Waals surface area contributed by atoms with Crippen molar-refractivity contribution >= 4 is 0 Å². The molecule has 0 aliphatic heterocycles. The first-order chi connectivity index (χ1) is 15.1. The van der Waals surface area contributed by atoms with Crippen LogP contribution in [0, 0.1) is 17.3 Å². The number of halogens is 1. The topological polar surface area (TPSA) is 40.5 Å². The van der Waals surface area contributed by atoms with Gasteiger partial charge in [-0.15, -0.1) is 0 Å². The summed E-state index contributed by atoms with van der Waals surface area (Å²) in [6.07, 6.45) is 16.8. The second-order valence-corrected chi connectivity index (χ2v) is 10.6. The van der Waals surface area contributed by atoms with Crippen molar-refractivity contribution < 1.29 is 14.6 Å². The summed E-state index contributed by atoms with van der Waals surface area (Å²) in [5.74, 6) is 0.957. The molecule has 178 valence electrons. The zero-order chi connectivity index (χ0) is 23.5. The Balaban J connectivity index is 1.73. The van der Waals surface area contributed by atoms with E-state index >= 15 is 0 Å². The smallest absolute Gasteiger partial charge is 0.127 e. The molecule has 0 unspecified atom stereocenters. The van der Waals surface area contributed by atoms with Crippen LogP contribution in [0.25, 0.3) is 0 Å². The highest BCUT2D eigenvalue weighted by atomic mass is 19.1. The number of fused-ring (bicyclic) bond motifs is 1. The minimum absolute atomic E-state index is 0.168. The van der Waals surface area contributed by atoms with Crippen LogP contribution in [0.3, 0.4) is 0 Å². The van der Waals surface area contributed by atoms with Gasteiger partial charge >= 0.3 is 0 Å². The third-order valence-corrected chi connectivity index (χ3v) is 8.51. The molecule has 2 nitrogen and oxygen atoms in total. The quantitative estimate of drug-likeness (QED) is 0.411. The number of aliphatic hydroxyl groups is 2. The van der Waals surface area contributed by atoms with Crippen molar-refractivity contribution in [2.24, 2.45) is 17.3 Å². The van der Waals surface area contributed by atoms with Gasteiger partial charge in [-0.1, -0.05) is 75.8 Å². The van der Waals surface area contributed by atoms with Crippen LogP contribution in [0.5, 0.6) is 0 Å². The Morgan fingerprint density at radius 2 is 2.03 bits per heavy atom. The Morgan fingerprint density at radius 1 is 1.31 bits per heavy atom. The summed E-state index contributed by atoms with van der Waals surface area (Å²) < 4.78 is 14.1. The first-order valence-electron chi connectivity index (χ1n) is 12.6. The van der Waals surface area contributed by atoms with E-state index in [9.17, 15) is 14.6 Å². The van der Waals surface area contributed by atoms with Crippen molar-refractivity contribution in [1.29, 1.82) is 0 Å². The molecule has 3 aliphatic carbocycles. The molecule has 0 aromatic carbocycles. The molecule has 0 heterocycles. The minimum Gasteiger partial charge on any atom is -0.393 e. The third-order valence-electron chi connectivity index (χ3n) is 8.51. The summed E-state index contributed by atoms with van der Waals surface area (Å²) in [6, 6.07) is 0. The van der Waals surface area contributed by atoms with Gasteiger partial charge in [0.25, 0.3) is 0 Å². The summed E-state index contributed by atoms with van der Waals surface area (Å²) in [4.78, 5) is 0. The largest absolute Gasteiger partial charge is 0.393 e. The van der Waals surface area contributed by atoms with Crippen LogP contribution in [0.15, 0.2) is 59.3 Å². The second kappa shape index (κ2) is 10.2. The number of allylic oxidation sites excluding steroid dienone is 7. The van der Waals surface area contributed by atoms with Crippen molar-refractivity contribution in [3.8, 4) is 0 Å². The van der Waals surface area contributed by atoms with Crippen LogP contribution < -0.4 is 0 Å². The first kappa shape index (κ1) is 25.2. The fourth-order valence-electron chi connectivity index (χ4n) is 6.15. The van der Waals surface area contributed by atoms with Crippen molar-refractivity contribution in [1.82, 2.24) is 0 Å². The maximum atomic E-state index is 14.1. The molecular weight excluding hydrogens is 399 g/mol. The molecule has 0 aromatic rings. The highest BCUT2D eigenvalue weighted by Crippen LogP contribution is 2.57. The van der Waals surface area contributed by atoms with Gasteiger partial charge in [0.2, 0.25) is 0 Å². The molecule has 2 fully saturated rings. The first-order valence-corrected chi connectivity index (χ1v) is 12.6. The average molecular weight is 443 g/mol. The number of hydrogen-bond donors (Lipinski definition) is 2. The summed E-state index contributed by atoms with van der Waals surface area (Å²) in [5, 5.41) is 20.5. The summed E-state index contributed by atoms with van der Waals surface area (Å²) >= 11 is 0. The van der Waals surface area contributed by atoms with E-state index < -0.39 is 17.9 Å². The van der Waals surface area contributed by atoms with Crippen LogP contribution in [-0.2, 0) is 0 Å². The Kier molecular flexibility index (Phi) is 8.04. The molecule has 0 amide bonds. The van der Waals surface area contributed by atoms with E-state index in [1.54, 1.807) is 5.57 Å². The molecular formula is C29H43FO2. The van der Waals surface area contributed by atoms with Gasteiger partial charge in [-0.3, -0.25) is 0 Å². The minimum atomic E-state index is -1.13. The molecule has 32 heavy (non-hydrogen) atoms. The van der Waals surface area contributed by atoms with E-state index in [0.29, 0.717) is 23.8 Å². The molecule has 0 aromatic heterocycles. The van der Waals surface area contributed by atoms with Crippen LogP contribution in [0.1, 0.15) is 85.5 Å². The number of alkyl halides is 1. The lowest BCUT2D eigenvalue weighted by Gasteiger charge is -2.42. The van der Waals surface area contributed by atoms with E-state index in [1.165, 1.54) is 18.4 Å². The molecule has 0 saturated heterocycles. The van der Waals surface area contributed by atoms with Crippen LogP contribution >= 0.6 is 0 Å². The molecule has 3 aliphatic rings. The standard InChI is InChI=1S/C29H43FO2/c1-6-29(32,7-2)17-8-10-20(3)25-14-15-26-22(11-9-16-28(25,26)5)12-13-23-18-24(31)19-27(30)21(23)4/h8,12-14,17,20,24,26-27,31-32H,4,6-7,9-11,15-16,18-19H2,1-3,5H3/b17-8+,22-12?,23-13-/t20-,24-,26+,27+,28-/m1/s1.